The molecule has 3 aromatic carbocycles. The van der Waals surface area contributed by atoms with Gasteiger partial charge in [0.05, 0.1) is 12.6 Å². The Hall–Kier alpha value is -4.45. The molecular weight excluding hydrogens is 701 g/mol. The van der Waals surface area contributed by atoms with E-state index in [0.717, 1.165) is 78.1 Å². The molecule has 4 N–H and O–H groups in total. The van der Waals surface area contributed by atoms with E-state index in [9.17, 15) is 29.7 Å². The summed E-state index contributed by atoms with van der Waals surface area (Å²) < 4.78 is 0.824. The fourth-order valence-corrected chi connectivity index (χ4v) is 9.79. The summed E-state index contributed by atoms with van der Waals surface area (Å²) in [6.07, 6.45) is 4.23. The number of phenols is 2. The molecule has 3 aliphatic heterocycles. The van der Waals surface area contributed by atoms with Gasteiger partial charge in [0.1, 0.15) is 17.5 Å². The molecule has 0 saturated carbocycles. The molecule has 10 nitrogen and oxygen atoms in total. The van der Waals surface area contributed by atoms with Crippen LogP contribution in [0.15, 0.2) is 66.7 Å². The molecule has 0 radical (unpaired) electrons. The summed E-state index contributed by atoms with van der Waals surface area (Å²) in [4.78, 5) is 48.0. The molecule has 3 fully saturated rings. The van der Waals surface area contributed by atoms with Crippen molar-refractivity contribution in [1.29, 1.82) is 0 Å². The first-order valence-corrected chi connectivity index (χ1v) is 20.0. The predicted molar refractivity (Wildman–Crippen MR) is 213 cm³/mol. The first-order chi connectivity index (χ1) is 25.7. The summed E-state index contributed by atoms with van der Waals surface area (Å²) >= 11 is 1.45. The van der Waals surface area contributed by atoms with E-state index in [2.05, 4.69) is 15.1 Å². The number of anilines is 1. The topological polar surface area (TPSA) is 134 Å². The minimum Gasteiger partial charge on any atom is -0.508 e. The van der Waals surface area contributed by atoms with Crippen LogP contribution in [-0.2, 0) is 9.59 Å². The smallest absolute Gasteiger partial charge is 0.246 e. The van der Waals surface area contributed by atoms with E-state index in [1.54, 1.807) is 47.4 Å². The number of hydrogen-bond acceptors (Lipinski definition) is 9. The summed E-state index contributed by atoms with van der Waals surface area (Å²) in [5.74, 6) is -0.0307. The number of aliphatic hydroxyl groups is 1. The van der Waals surface area contributed by atoms with Gasteiger partial charge in [-0.2, -0.15) is 0 Å². The Morgan fingerprint density at radius 1 is 0.889 bits per heavy atom. The number of hydrogen-bond donors (Lipinski definition) is 4. The Morgan fingerprint density at radius 2 is 1.52 bits per heavy atom. The first-order valence-electron chi connectivity index (χ1n) is 19.1. The summed E-state index contributed by atoms with van der Waals surface area (Å²) in [5.41, 5.74) is 2.90. The second-order valence-electron chi connectivity index (χ2n) is 16.8. The minimum absolute atomic E-state index is 0.0515. The van der Waals surface area contributed by atoms with Crippen molar-refractivity contribution < 1.29 is 29.7 Å². The van der Waals surface area contributed by atoms with Gasteiger partial charge in [-0.3, -0.25) is 19.3 Å². The van der Waals surface area contributed by atoms with E-state index in [0.29, 0.717) is 24.1 Å². The number of carbonyl (C=O) groups is 3. The highest BCUT2D eigenvalue weighted by Gasteiger charge is 2.42. The largest absolute Gasteiger partial charge is 0.508 e. The third kappa shape index (κ3) is 7.85. The number of phenolic OH excluding ortho intramolecular Hbond substituents is 2. The maximum atomic E-state index is 14.1. The molecule has 0 aliphatic carbocycles. The average Bonchev–Trinajstić information content (AvgIpc) is 3.69. The molecule has 3 atom stereocenters. The number of benzene rings is 3. The quantitative estimate of drug-likeness (QED) is 0.152. The van der Waals surface area contributed by atoms with Gasteiger partial charge < -0.3 is 30.4 Å². The van der Waals surface area contributed by atoms with Gasteiger partial charge in [0.2, 0.25) is 11.8 Å². The fourth-order valence-electron chi connectivity index (χ4n) is 8.55. The number of likely N-dealkylation sites (tertiary alicyclic amines) is 2. The van der Waals surface area contributed by atoms with Gasteiger partial charge in [-0.15, -0.1) is 11.3 Å². The van der Waals surface area contributed by atoms with Crippen molar-refractivity contribution in [2.45, 2.75) is 78.0 Å². The van der Waals surface area contributed by atoms with E-state index in [4.69, 9.17) is 0 Å². The molecule has 286 valence electrons. The van der Waals surface area contributed by atoms with Crippen LogP contribution in [0.1, 0.15) is 75.7 Å². The monoisotopic (exact) mass is 752 g/mol. The first kappa shape index (κ1) is 37.8. The maximum Gasteiger partial charge on any atom is 0.246 e. The van der Waals surface area contributed by atoms with Gasteiger partial charge in [-0.1, -0.05) is 20.8 Å². The van der Waals surface area contributed by atoms with Crippen molar-refractivity contribution in [2.24, 2.45) is 10.8 Å². The Morgan fingerprint density at radius 3 is 2.13 bits per heavy atom. The van der Waals surface area contributed by atoms with Gasteiger partial charge in [-0.25, -0.2) is 0 Å². The molecular formula is C43H52N4O6S. The summed E-state index contributed by atoms with van der Waals surface area (Å²) in [5, 5.41) is 33.9. The van der Waals surface area contributed by atoms with Crippen LogP contribution in [0.3, 0.4) is 0 Å². The van der Waals surface area contributed by atoms with Crippen molar-refractivity contribution in [2.75, 3.05) is 44.2 Å². The van der Waals surface area contributed by atoms with Crippen LogP contribution in [0.25, 0.3) is 20.5 Å². The zero-order chi connectivity index (χ0) is 38.4. The number of nitrogens with one attached hydrogen (secondary N) is 1. The van der Waals surface area contributed by atoms with Crippen LogP contribution in [0.2, 0.25) is 0 Å². The third-order valence-corrected chi connectivity index (χ3v) is 13.1. The fraction of sp³-hybridized carbons (Fsp3) is 0.465. The molecule has 4 aromatic rings. The lowest BCUT2D eigenvalue weighted by atomic mass is 9.71. The van der Waals surface area contributed by atoms with Gasteiger partial charge in [0.25, 0.3) is 0 Å². The van der Waals surface area contributed by atoms with E-state index in [1.165, 1.54) is 11.3 Å². The molecule has 11 heteroatoms. The molecule has 7 rings (SSSR count). The number of carbonyl (C=O) groups excluding carboxylic acids is 3. The summed E-state index contributed by atoms with van der Waals surface area (Å²) in [7, 11) is 0. The Bertz CT molecular complexity index is 2000. The number of piperidine rings is 2. The van der Waals surface area contributed by atoms with Gasteiger partial charge in [-0.05, 0) is 135 Å². The minimum atomic E-state index is -0.653. The molecule has 2 amide bonds. The standard InChI is InChI=1S/C43H52N4O6S/c1-27-23-33(50)25-47(27)41(53)40(42(2,3)4)44-36(51)26-45-19-15-43(16-20-45)17-21-46(22-18-43)30-9-5-28(6-10-30)38(52)37-34-14-13-32(49)24-35(34)54-39(37)29-7-11-31(48)12-8-29/h5-14,24,27,33,40,48-50H,15-23,25-26H2,1-4H3,(H,44,51)/t27-,33-,40-/m1/s1. The van der Waals surface area contributed by atoms with Crippen molar-refractivity contribution >= 4 is 44.7 Å². The van der Waals surface area contributed by atoms with Crippen LogP contribution in [0, 0.1) is 10.8 Å². The zero-order valence-electron chi connectivity index (χ0n) is 31.7. The van der Waals surface area contributed by atoms with E-state index < -0.39 is 17.6 Å². The number of fused-ring (bicyclic) bond motifs is 1. The molecule has 1 aromatic heterocycles. The molecule has 4 heterocycles. The lowest BCUT2D eigenvalue weighted by molar-refractivity contribution is -0.140. The number of β-amino-alcohol motifs (C(OH)–C–C–N with tert-alkyl or cyclic N) is 1. The maximum absolute atomic E-state index is 14.1. The van der Waals surface area contributed by atoms with Gasteiger partial charge in [0, 0.05) is 57.5 Å². The number of rotatable bonds is 8. The van der Waals surface area contributed by atoms with Crippen LogP contribution in [0.4, 0.5) is 5.69 Å². The molecule has 1 spiro atoms. The Labute approximate surface area is 321 Å². The molecule has 0 bridgehead atoms. The SMILES string of the molecule is C[C@@H]1C[C@@H](O)CN1C(=O)[C@@H](NC(=O)CN1CCC2(CC1)CCN(c1ccc(C(=O)c3c(-c4ccc(O)cc4)sc4cc(O)ccc34)cc1)CC2)C(C)(C)C. The van der Waals surface area contributed by atoms with Crippen molar-refractivity contribution in [3.8, 4) is 21.9 Å². The van der Waals surface area contributed by atoms with Crippen molar-refractivity contribution in [3.05, 3.63) is 77.9 Å². The zero-order valence-corrected chi connectivity index (χ0v) is 32.5. The van der Waals surface area contributed by atoms with Crippen LogP contribution >= 0.6 is 11.3 Å². The third-order valence-electron chi connectivity index (χ3n) is 11.9. The second-order valence-corrected chi connectivity index (χ2v) is 17.8. The molecule has 54 heavy (non-hydrogen) atoms. The summed E-state index contributed by atoms with van der Waals surface area (Å²) in [6.45, 7) is 12.0. The van der Waals surface area contributed by atoms with Crippen molar-refractivity contribution in [3.63, 3.8) is 0 Å². The highest BCUT2D eigenvalue weighted by Crippen LogP contribution is 2.43. The Kier molecular flexibility index (Phi) is 10.5. The average molecular weight is 753 g/mol. The molecule has 0 unspecified atom stereocenters. The van der Waals surface area contributed by atoms with Gasteiger partial charge >= 0.3 is 0 Å². The van der Waals surface area contributed by atoms with E-state index in [-0.39, 0.29) is 47.1 Å². The number of aromatic hydroxyl groups is 2. The number of amides is 2. The number of thiophene rings is 1. The van der Waals surface area contributed by atoms with E-state index in [1.807, 2.05) is 52.0 Å². The van der Waals surface area contributed by atoms with Gasteiger partial charge in [0.15, 0.2) is 5.78 Å². The van der Waals surface area contributed by atoms with Crippen LogP contribution < -0.4 is 10.2 Å². The normalized spacial score (nSPS) is 21.1. The Balaban J connectivity index is 0.943. The molecule has 3 aliphatic rings. The number of ketones is 1. The summed E-state index contributed by atoms with van der Waals surface area (Å²) in [6, 6.07) is 19.1. The number of aliphatic hydroxyl groups excluding tert-OH is 1. The molecule has 3 saturated heterocycles. The van der Waals surface area contributed by atoms with Crippen molar-refractivity contribution in [1.82, 2.24) is 15.1 Å². The van der Waals surface area contributed by atoms with Crippen LogP contribution in [0.5, 0.6) is 11.5 Å². The highest BCUT2D eigenvalue weighted by molar-refractivity contribution is 7.22. The predicted octanol–water partition coefficient (Wildman–Crippen LogP) is 6.41. The number of nitrogens with zero attached hydrogens (tertiary/aromatic N) is 3. The second kappa shape index (κ2) is 15.0. The van der Waals surface area contributed by atoms with E-state index >= 15 is 0 Å². The lowest BCUT2D eigenvalue weighted by Gasteiger charge is -2.47. The lowest BCUT2D eigenvalue weighted by Crippen LogP contribution is -2.57. The van der Waals surface area contributed by atoms with Crippen LogP contribution in [-0.4, -0.2) is 100 Å². The highest BCUT2D eigenvalue weighted by atomic mass is 32.1.